The fourth-order valence-corrected chi connectivity index (χ4v) is 1.74. The Balaban J connectivity index is 2.51. The predicted molar refractivity (Wildman–Crippen MR) is 55.1 cm³/mol. The molecule has 0 radical (unpaired) electrons. The second-order valence-electron chi connectivity index (χ2n) is 3.71. The molecule has 0 saturated carbocycles. The van der Waals surface area contributed by atoms with Crippen LogP contribution in [0.25, 0.3) is 0 Å². The maximum atomic E-state index is 11.9. The molecule has 1 fully saturated rings. The Morgan fingerprint density at radius 1 is 1.60 bits per heavy atom. The minimum atomic E-state index is -0.379. The predicted octanol–water partition coefficient (Wildman–Crippen LogP) is -0.504. The van der Waals surface area contributed by atoms with Crippen molar-refractivity contribution in [3.05, 3.63) is 0 Å². The van der Waals surface area contributed by atoms with Gasteiger partial charge in [-0.1, -0.05) is 6.92 Å². The zero-order valence-corrected chi connectivity index (χ0v) is 9.03. The van der Waals surface area contributed by atoms with Crippen molar-refractivity contribution in [1.29, 1.82) is 0 Å². The fourth-order valence-electron chi connectivity index (χ4n) is 1.74. The van der Waals surface area contributed by atoms with Crippen LogP contribution in [0.15, 0.2) is 0 Å². The standard InChI is InChI=1S/C10H18N2O3/c1-2-5-12(6-7-13)10(15)8-3-4-9(14)11-8/h8,13H,2-7H2,1H3,(H,11,14)/t8-/m0/s1. The molecule has 1 atom stereocenters. The van der Waals surface area contributed by atoms with Crippen molar-refractivity contribution in [2.24, 2.45) is 0 Å². The van der Waals surface area contributed by atoms with Crippen LogP contribution in [0.3, 0.4) is 0 Å². The summed E-state index contributed by atoms with van der Waals surface area (Å²) in [5.74, 6) is -0.134. The Hall–Kier alpha value is -1.10. The summed E-state index contributed by atoms with van der Waals surface area (Å²) >= 11 is 0. The summed E-state index contributed by atoms with van der Waals surface area (Å²) in [4.78, 5) is 24.4. The molecule has 0 aromatic carbocycles. The summed E-state index contributed by atoms with van der Waals surface area (Å²) in [5.41, 5.74) is 0. The molecule has 15 heavy (non-hydrogen) atoms. The van der Waals surface area contributed by atoms with Crippen LogP contribution in [0.5, 0.6) is 0 Å². The molecule has 1 heterocycles. The van der Waals surface area contributed by atoms with Crippen LogP contribution in [0.4, 0.5) is 0 Å². The molecule has 5 nitrogen and oxygen atoms in total. The molecule has 2 N–H and O–H groups in total. The van der Waals surface area contributed by atoms with E-state index in [0.717, 1.165) is 6.42 Å². The van der Waals surface area contributed by atoms with E-state index in [1.807, 2.05) is 6.92 Å². The van der Waals surface area contributed by atoms with Crippen molar-refractivity contribution in [3.63, 3.8) is 0 Å². The van der Waals surface area contributed by atoms with Gasteiger partial charge in [0, 0.05) is 19.5 Å². The van der Waals surface area contributed by atoms with Crippen LogP contribution in [0, 0.1) is 0 Å². The lowest BCUT2D eigenvalue weighted by molar-refractivity contribution is -0.134. The number of aliphatic hydroxyl groups is 1. The van der Waals surface area contributed by atoms with Gasteiger partial charge in [0.1, 0.15) is 6.04 Å². The highest BCUT2D eigenvalue weighted by atomic mass is 16.3. The molecule has 86 valence electrons. The molecule has 0 spiro atoms. The SMILES string of the molecule is CCCN(CCO)C(=O)[C@@H]1CCC(=O)N1. The second-order valence-corrected chi connectivity index (χ2v) is 3.71. The lowest BCUT2D eigenvalue weighted by Crippen LogP contribution is -2.45. The quantitative estimate of drug-likeness (QED) is 0.648. The van der Waals surface area contributed by atoms with Crippen molar-refractivity contribution >= 4 is 11.8 Å². The molecule has 0 aromatic rings. The van der Waals surface area contributed by atoms with Crippen molar-refractivity contribution in [2.75, 3.05) is 19.7 Å². The first-order chi connectivity index (χ1) is 7.19. The highest BCUT2D eigenvalue weighted by molar-refractivity contribution is 5.90. The molecule has 1 aliphatic heterocycles. The third kappa shape index (κ3) is 3.20. The minimum Gasteiger partial charge on any atom is -0.395 e. The topological polar surface area (TPSA) is 69.6 Å². The number of hydrogen-bond acceptors (Lipinski definition) is 3. The molecule has 5 heteroatoms. The first-order valence-electron chi connectivity index (χ1n) is 5.38. The summed E-state index contributed by atoms with van der Waals surface area (Å²) in [6.07, 6.45) is 1.85. The number of rotatable bonds is 5. The maximum absolute atomic E-state index is 11.9. The van der Waals surface area contributed by atoms with E-state index in [4.69, 9.17) is 5.11 Å². The average molecular weight is 214 g/mol. The average Bonchev–Trinajstić information content (AvgIpc) is 2.63. The van der Waals surface area contributed by atoms with Gasteiger partial charge in [-0.25, -0.2) is 0 Å². The third-order valence-corrected chi connectivity index (χ3v) is 2.47. The van der Waals surface area contributed by atoms with Gasteiger partial charge in [-0.15, -0.1) is 0 Å². The number of carbonyl (C=O) groups excluding carboxylic acids is 2. The van der Waals surface area contributed by atoms with Crippen LogP contribution in [-0.2, 0) is 9.59 Å². The molecule has 0 aromatic heterocycles. The van der Waals surface area contributed by atoms with Crippen molar-refractivity contribution in [2.45, 2.75) is 32.2 Å². The zero-order chi connectivity index (χ0) is 11.3. The summed E-state index contributed by atoms with van der Waals surface area (Å²) in [5, 5.41) is 11.5. The maximum Gasteiger partial charge on any atom is 0.245 e. The van der Waals surface area contributed by atoms with Crippen LogP contribution < -0.4 is 5.32 Å². The second kappa shape index (κ2) is 5.70. The molecular weight excluding hydrogens is 196 g/mol. The van der Waals surface area contributed by atoms with Gasteiger partial charge in [0.05, 0.1) is 6.61 Å². The number of nitrogens with one attached hydrogen (secondary N) is 1. The number of aliphatic hydroxyl groups excluding tert-OH is 1. The van der Waals surface area contributed by atoms with Crippen LogP contribution in [0.1, 0.15) is 26.2 Å². The number of amides is 2. The Kier molecular flexibility index (Phi) is 4.55. The number of nitrogens with zero attached hydrogens (tertiary/aromatic N) is 1. The molecule has 0 unspecified atom stereocenters. The summed E-state index contributed by atoms with van der Waals surface area (Å²) in [6.45, 7) is 2.92. The van der Waals surface area contributed by atoms with Crippen LogP contribution in [-0.4, -0.2) is 47.6 Å². The van der Waals surface area contributed by atoms with Gasteiger partial charge in [-0.2, -0.15) is 0 Å². The Bertz CT molecular complexity index is 237. The Labute approximate surface area is 89.4 Å². The monoisotopic (exact) mass is 214 g/mol. The van der Waals surface area contributed by atoms with Gasteiger partial charge >= 0.3 is 0 Å². The van der Waals surface area contributed by atoms with E-state index >= 15 is 0 Å². The first kappa shape index (κ1) is 12.0. The molecular formula is C10H18N2O3. The van der Waals surface area contributed by atoms with Gasteiger partial charge in [0.25, 0.3) is 0 Å². The first-order valence-corrected chi connectivity index (χ1v) is 5.38. The smallest absolute Gasteiger partial charge is 0.245 e. The van der Waals surface area contributed by atoms with E-state index in [1.54, 1.807) is 4.90 Å². The van der Waals surface area contributed by atoms with Gasteiger partial charge in [-0.05, 0) is 12.8 Å². The van der Waals surface area contributed by atoms with Crippen molar-refractivity contribution in [1.82, 2.24) is 10.2 Å². The van der Waals surface area contributed by atoms with E-state index in [0.29, 0.717) is 25.9 Å². The normalized spacial score (nSPS) is 20.1. The largest absolute Gasteiger partial charge is 0.395 e. The molecule has 1 saturated heterocycles. The highest BCUT2D eigenvalue weighted by Gasteiger charge is 2.30. The third-order valence-electron chi connectivity index (χ3n) is 2.47. The lowest BCUT2D eigenvalue weighted by Gasteiger charge is -2.24. The minimum absolute atomic E-state index is 0.0353. The summed E-state index contributed by atoms with van der Waals surface area (Å²) in [6, 6.07) is -0.379. The zero-order valence-electron chi connectivity index (χ0n) is 9.03. The Morgan fingerprint density at radius 3 is 2.80 bits per heavy atom. The fraction of sp³-hybridized carbons (Fsp3) is 0.800. The van der Waals surface area contributed by atoms with Crippen LogP contribution in [0.2, 0.25) is 0 Å². The van der Waals surface area contributed by atoms with Gasteiger partial charge in [0.15, 0.2) is 0 Å². The van der Waals surface area contributed by atoms with Crippen molar-refractivity contribution < 1.29 is 14.7 Å². The van der Waals surface area contributed by atoms with E-state index in [-0.39, 0.29) is 24.5 Å². The highest BCUT2D eigenvalue weighted by Crippen LogP contribution is 2.10. The number of hydrogen-bond donors (Lipinski definition) is 2. The van der Waals surface area contributed by atoms with E-state index < -0.39 is 0 Å². The summed E-state index contributed by atoms with van der Waals surface area (Å²) < 4.78 is 0. The summed E-state index contributed by atoms with van der Waals surface area (Å²) in [7, 11) is 0. The van der Waals surface area contributed by atoms with Crippen LogP contribution >= 0.6 is 0 Å². The molecule has 0 aliphatic carbocycles. The van der Waals surface area contributed by atoms with E-state index in [2.05, 4.69) is 5.32 Å². The van der Waals surface area contributed by atoms with E-state index in [1.165, 1.54) is 0 Å². The van der Waals surface area contributed by atoms with Gasteiger partial charge in [0.2, 0.25) is 11.8 Å². The lowest BCUT2D eigenvalue weighted by atomic mass is 10.2. The molecule has 1 aliphatic rings. The van der Waals surface area contributed by atoms with Gasteiger partial charge in [-0.3, -0.25) is 9.59 Å². The molecule has 2 amide bonds. The van der Waals surface area contributed by atoms with Gasteiger partial charge < -0.3 is 15.3 Å². The molecule has 1 rings (SSSR count). The van der Waals surface area contributed by atoms with Crippen molar-refractivity contribution in [3.8, 4) is 0 Å². The molecule has 0 bridgehead atoms. The van der Waals surface area contributed by atoms with E-state index in [9.17, 15) is 9.59 Å². The number of carbonyl (C=O) groups is 2. The Morgan fingerprint density at radius 2 is 2.33 bits per heavy atom.